The van der Waals surface area contributed by atoms with Crippen molar-refractivity contribution >= 4 is 11.3 Å². The summed E-state index contributed by atoms with van der Waals surface area (Å²) in [5.41, 5.74) is 3.40. The van der Waals surface area contributed by atoms with Crippen LogP contribution >= 0.6 is 0 Å². The Hall–Kier alpha value is -2.45. The molecule has 3 aromatic heterocycles. The number of rotatable bonds is 5. The maximum Gasteiger partial charge on any atom is 0.156 e. The topological polar surface area (TPSA) is 63.7 Å². The van der Waals surface area contributed by atoms with Gasteiger partial charge in [0.1, 0.15) is 0 Å². The van der Waals surface area contributed by atoms with Crippen LogP contribution in [0.5, 0.6) is 0 Å². The fourth-order valence-corrected chi connectivity index (χ4v) is 4.40. The van der Waals surface area contributed by atoms with E-state index in [0.717, 1.165) is 70.4 Å². The van der Waals surface area contributed by atoms with Crippen LogP contribution in [0, 0.1) is 0 Å². The number of fused-ring (bicyclic) bond motifs is 1. The number of hydrogen-bond acceptors (Lipinski definition) is 6. The number of aromatic nitrogens is 5. The standard InChI is InChI=1S/C21H29N7O/c1-2-27-14-17(12-22-27)13-25-7-3-4-18(15-25)21-23-20-6-5-19(16-28(20)24-21)26-8-10-29-11-9-26/h5-6,12,14,16,18H,2-4,7-11,13,15H2,1H3. The fourth-order valence-electron chi connectivity index (χ4n) is 4.40. The Kier molecular flexibility index (Phi) is 5.20. The van der Waals surface area contributed by atoms with Crippen molar-refractivity contribution in [1.82, 2.24) is 29.3 Å². The van der Waals surface area contributed by atoms with Crippen molar-refractivity contribution in [3.05, 3.63) is 42.1 Å². The summed E-state index contributed by atoms with van der Waals surface area (Å²) in [4.78, 5) is 9.71. The summed E-state index contributed by atoms with van der Waals surface area (Å²) in [5, 5.41) is 9.26. The molecule has 2 aliphatic heterocycles. The van der Waals surface area contributed by atoms with Crippen molar-refractivity contribution in [3.8, 4) is 0 Å². The molecule has 5 rings (SSSR count). The lowest BCUT2D eigenvalue weighted by Gasteiger charge is -2.30. The maximum atomic E-state index is 5.47. The third kappa shape index (κ3) is 4.00. The van der Waals surface area contributed by atoms with Crippen LogP contribution in [0.25, 0.3) is 5.65 Å². The first kappa shape index (κ1) is 18.6. The molecule has 0 radical (unpaired) electrons. The first-order valence-corrected chi connectivity index (χ1v) is 10.7. The summed E-state index contributed by atoms with van der Waals surface area (Å²) in [6, 6.07) is 4.23. The molecule has 8 heteroatoms. The summed E-state index contributed by atoms with van der Waals surface area (Å²) in [6.07, 6.45) is 8.58. The number of nitrogens with zero attached hydrogens (tertiary/aromatic N) is 7. The molecule has 0 aliphatic carbocycles. The molecule has 154 valence electrons. The molecule has 0 spiro atoms. The summed E-state index contributed by atoms with van der Waals surface area (Å²) in [6.45, 7) is 9.55. The van der Waals surface area contributed by atoms with Crippen molar-refractivity contribution in [2.45, 2.75) is 38.8 Å². The Morgan fingerprint density at radius 2 is 2.03 bits per heavy atom. The fraction of sp³-hybridized carbons (Fsp3) is 0.571. The van der Waals surface area contributed by atoms with Crippen LogP contribution < -0.4 is 4.90 Å². The van der Waals surface area contributed by atoms with Crippen molar-refractivity contribution < 1.29 is 4.74 Å². The average Bonchev–Trinajstić information content (AvgIpc) is 3.40. The predicted molar refractivity (Wildman–Crippen MR) is 111 cm³/mol. The molecular weight excluding hydrogens is 366 g/mol. The summed E-state index contributed by atoms with van der Waals surface area (Å²) < 4.78 is 9.41. The van der Waals surface area contributed by atoms with E-state index in [4.69, 9.17) is 14.8 Å². The zero-order valence-corrected chi connectivity index (χ0v) is 17.1. The molecule has 8 nitrogen and oxygen atoms in total. The summed E-state index contributed by atoms with van der Waals surface area (Å²) >= 11 is 0. The first-order chi connectivity index (χ1) is 14.3. The van der Waals surface area contributed by atoms with Gasteiger partial charge in [-0.15, -0.1) is 0 Å². The minimum absolute atomic E-state index is 0.386. The highest BCUT2D eigenvalue weighted by Crippen LogP contribution is 2.26. The van der Waals surface area contributed by atoms with Gasteiger partial charge in [-0.25, -0.2) is 9.50 Å². The Labute approximate surface area is 171 Å². The van der Waals surface area contributed by atoms with Gasteiger partial charge < -0.3 is 9.64 Å². The number of piperidine rings is 1. The van der Waals surface area contributed by atoms with Crippen LogP contribution in [0.4, 0.5) is 5.69 Å². The van der Waals surface area contributed by atoms with Gasteiger partial charge in [0, 0.05) is 50.4 Å². The molecule has 0 aromatic carbocycles. The first-order valence-electron chi connectivity index (χ1n) is 10.7. The van der Waals surface area contributed by atoms with Gasteiger partial charge >= 0.3 is 0 Å². The minimum atomic E-state index is 0.386. The Balaban J connectivity index is 1.30. The maximum absolute atomic E-state index is 5.47. The molecule has 5 heterocycles. The van der Waals surface area contributed by atoms with E-state index >= 15 is 0 Å². The van der Waals surface area contributed by atoms with Gasteiger partial charge in [-0.3, -0.25) is 9.58 Å². The van der Waals surface area contributed by atoms with Crippen LogP contribution in [0.15, 0.2) is 30.7 Å². The van der Waals surface area contributed by atoms with E-state index in [1.807, 2.05) is 15.4 Å². The van der Waals surface area contributed by atoms with Gasteiger partial charge in [-0.05, 0) is 38.4 Å². The lowest BCUT2D eigenvalue weighted by Crippen LogP contribution is -2.36. The number of ether oxygens (including phenoxy) is 1. The summed E-state index contributed by atoms with van der Waals surface area (Å²) in [5.74, 6) is 1.36. The normalized spacial score (nSPS) is 21.1. The van der Waals surface area contributed by atoms with Crippen LogP contribution in [-0.2, 0) is 17.8 Å². The van der Waals surface area contributed by atoms with Gasteiger partial charge in [0.15, 0.2) is 11.5 Å². The number of anilines is 1. The van der Waals surface area contributed by atoms with Gasteiger partial charge in [-0.2, -0.15) is 10.2 Å². The molecule has 2 fully saturated rings. The number of aryl methyl sites for hydroxylation is 1. The predicted octanol–water partition coefficient (Wildman–Crippen LogP) is 2.16. The van der Waals surface area contributed by atoms with Crippen LogP contribution in [-0.4, -0.2) is 68.7 Å². The second-order valence-electron chi connectivity index (χ2n) is 8.04. The molecule has 2 aliphatic rings. The second kappa shape index (κ2) is 8.12. The van der Waals surface area contributed by atoms with Gasteiger partial charge in [0.05, 0.1) is 31.3 Å². The number of hydrogen-bond donors (Lipinski definition) is 0. The summed E-state index contributed by atoms with van der Waals surface area (Å²) in [7, 11) is 0. The van der Waals surface area contributed by atoms with Crippen molar-refractivity contribution in [1.29, 1.82) is 0 Å². The molecule has 1 atom stereocenters. The minimum Gasteiger partial charge on any atom is -0.378 e. The van der Waals surface area contributed by atoms with E-state index in [9.17, 15) is 0 Å². The highest BCUT2D eigenvalue weighted by Gasteiger charge is 2.25. The number of morpholine rings is 1. The Morgan fingerprint density at radius 3 is 2.86 bits per heavy atom. The molecule has 3 aromatic rings. The van der Waals surface area contributed by atoms with Crippen molar-refractivity contribution in [3.63, 3.8) is 0 Å². The number of pyridine rings is 1. The van der Waals surface area contributed by atoms with Crippen molar-refractivity contribution in [2.24, 2.45) is 0 Å². The van der Waals surface area contributed by atoms with Crippen LogP contribution in [0.1, 0.15) is 37.1 Å². The zero-order chi connectivity index (χ0) is 19.6. The molecule has 0 amide bonds. The quantitative estimate of drug-likeness (QED) is 0.660. The molecule has 0 saturated carbocycles. The largest absolute Gasteiger partial charge is 0.378 e. The monoisotopic (exact) mass is 395 g/mol. The third-order valence-electron chi connectivity index (χ3n) is 6.00. The Morgan fingerprint density at radius 1 is 1.14 bits per heavy atom. The molecule has 0 bridgehead atoms. The molecule has 2 saturated heterocycles. The second-order valence-corrected chi connectivity index (χ2v) is 8.04. The smallest absolute Gasteiger partial charge is 0.156 e. The van der Waals surface area contributed by atoms with Crippen molar-refractivity contribution in [2.75, 3.05) is 44.3 Å². The molecule has 29 heavy (non-hydrogen) atoms. The SMILES string of the molecule is CCn1cc(CN2CCCC(c3nc4ccc(N5CCOCC5)cn4n3)C2)cn1. The molecule has 0 N–H and O–H groups in total. The van der Waals surface area contributed by atoms with E-state index in [1.165, 1.54) is 17.7 Å². The van der Waals surface area contributed by atoms with E-state index in [-0.39, 0.29) is 0 Å². The highest BCUT2D eigenvalue weighted by molar-refractivity contribution is 5.51. The van der Waals surface area contributed by atoms with Gasteiger partial charge in [0.2, 0.25) is 0 Å². The number of likely N-dealkylation sites (tertiary alicyclic amines) is 1. The lowest BCUT2D eigenvalue weighted by molar-refractivity contribution is 0.122. The molecular formula is C21H29N7O. The lowest BCUT2D eigenvalue weighted by atomic mass is 9.97. The van der Waals surface area contributed by atoms with E-state index in [2.05, 4.69) is 46.3 Å². The average molecular weight is 396 g/mol. The van der Waals surface area contributed by atoms with Gasteiger partial charge in [0.25, 0.3) is 0 Å². The van der Waals surface area contributed by atoms with E-state index in [1.54, 1.807) is 0 Å². The van der Waals surface area contributed by atoms with E-state index < -0.39 is 0 Å². The van der Waals surface area contributed by atoms with Gasteiger partial charge in [-0.1, -0.05) is 0 Å². The van der Waals surface area contributed by atoms with E-state index in [0.29, 0.717) is 5.92 Å². The third-order valence-corrected chi connectivity index (χ3v) is 6.00. The molecule has 1 unspecified atom stereocenters. The van der Waals surface area contributed by atoms with Crippen LogP contribution in [0.3, 0.4) is 0 Å². The van der Waals surface area contributed by atoms with Crippen LogP contribution in [0.2, 0.25) is 0 Å². The zero-order valence-electron chi connectivity index (χ0n) is 17.1. The highest BCUT2D eigenvalue weighted by atomic mass is 16.5. The Bertz CT molecular complexity index is 959.